The van der Waals surface area contributed by atoms with Gasteiger partial charge in [-0.25, -0.2) is 0 Å². The number of hydrogen-bond acceptors (Lipinski definition) is 2. The molecule has 0 N–H and O–H groups in total. The lowest BCUT2D eigenvalue weighted by Gasteiger charge is -2.17. The average Bonchev–Trinajstić information content (AvgIpc) is 2.85. The summed E-state index contributed by atoms with van der Waals surface area (Å²) in [6, 6.07) is 34.4. The summed E-state index contributed by atoms with van der Waals surface area (Å²) in [5, 5.41) is 0. The fourth-order valence-electron chi connectivity index (χ4n) is 3.91. The van der Waals surface area contributed by atoms with Gasteiger partial charge in [-0.3, -0.25) is 9.59 Å². The Labute approximate surface area is 183 Å². The Bertz CT molecular complexity index is 1060. The zero-order valence-corrected chi connectivity index (χ0v) is 17.5. The summed E-state index contributed by atoms with van der Waals surface area (Å²) < 4.78 is 0. The first-order valence-electron chi connectivity index (χ1n) is 10.6. The van der Waals surface area contributed by atoms with Gasteiger partial charge in [0.15, 0.2) is 11.6 Å². The van der Waals surface area contributed by atoms with Crippen LogP contribution in [0.3, 0.4) is 0 Å². The van der Waals surface area contributed by atoms with Crippen LogP contribution in [0.15, 0.2) is 109 Å². The molecule has 2 heteroatoms. The largest absolute Gasteiger partial charge is 0.289 e. The van der Waals surface area contributed by atoms with Gasteiger partial charge in [-0.05, 0) is 17.5 Å². The summed E-state index contributed by atoms with van der Waals surface area (Å²) in [4.78, 5) is 25.3. The van der Waals surface area contributed by atoms with Crippen molar-refractivity contribution in [2.75, 3.05) is 0 Å². The molecule has 0 aliphatic rings. The molecule has 0 radical (unpaired) electrons. The molecule has 2 nitrogen and oxygen atoms in total. The molecular weight excluding hydrogens is 380 g/mol. The number of rotatable bonds is 7. The van der Waals surface area contributed by atoms with Crippen LogP contribution in [-0.4, -0.2) is 11.6 Å². The van der Waals surface area contributed by atoms with Crippen molar-refractivity contribution in [3.63, 3.8) is 0 Å². The van der Waals surface area contributed by atoms with E-state index in [1.165, 1.54) is 0 Å². The molecule has 0 fully saturated rings. The van der Waals surface area contributed by atoms with E-state index in [9.17, 15) is 9.59 Å². The molecule has 0 atom stereocenters. The molecule has 0 saturated heterocycles. The third-order valence-corrected chi connectivity index (χ3v) is 5.63. The Morgan fingerprint density at radius 2 is 0.839 bits per heavy atom. The van der Waals surface area contributed by atoms with Crippen molar-refractivity contribution in [3.8, 4) is 0 Å². The zero-order chi connectivity index (χ0) is 21.6. The Hall–Kier alpha value is -3.78. The summed E-state index contributed by atoms with van der Waals surface area (Å²) in [5.74, 6) is 0.273. The van der Waals surface area contributed by atoms with Gasteiger partial charge in [0.2, 0.25) is 0 Å². The van der Waals surface area contributed by atoms with E-state index in [2.05, 4.69) is 6.92 Å². The van der Waals surface area contributed by atoms with E-state index in [0.717, 1.165) is 17.5 Å². The molecule has 4 aromatic rings. The fraction of sp³-hybridized carbons (Fsp3) is 0.103. The van der Waals surface area contributed by atoms with Gasteiger partial charge >= 0.3 is 0 Å². The molecule has 0 aliphatic heterocycles. The molecular formula is C29H24O2. The molecule has 31 heavy (non-hydrogen) atoms. The van der Waals surface area contributed by atoms with Crippen LogP contribution in [-0.2, 0) is 0 Å². The molecule has 0 saturated carbocycles. The van der Waals surface area contributed by atoms with Crippen LogP contribution in [0.1, 0.15) is 62.2 Å². The van der Waals surface area contributed by atoms with Crippen LogP contribution < -0.4 is 0 Å². The van der Waals surface area contributed by atoms with Gasteiger partial charge in [0.25, 0.3) is 0 Å². The van der Waals surface area contributed by atoms with E-state index in [1.807, 2.05) is 109 Å². The molecule has 0 unspecified atom stereocenters. The Kier molecular flexibility index (Phi) is 6.18. The lowest BCUT2D eigenvalue weighted by molar-refractivity contribution is 0.103. The molecule has 4 aromatic carbocycles. The second kappa shape index (κ2) is 9.36. The Morgan fingerprint density at radius 1 is 0.516 bits per heavy atom. The maximum absolute atomic E-state index is 12.7. The first-order chi connectivity index (χ1) is 15.2. The van der Waals surface area contributed by atoms with Gasteiger partial charge in [0.1, 0.15) is 0 Å². The van der Waals surface area contributed by atoms with Crippen molar-refractivity contribution in [1.29, 1.82) is 0 Å². The van der Waals surface area contributed by atoms with Crippen LogP contribution in [0.5, 0.6) is 0 Å². The van der Waals surface area contributed by atoms with Crippen molar-refractivity contribution in [2.24, 2.45) is 0 Å². The number of ketones is 2. The van der Waals surface area contributed by atoms with Crippen molar-refractivity contribution < 1.29 is 9.59 Å². The third-order valence-electron chi connectivity index (χ3n) is 5.63. The molecule has 0 bridgehead atoms. The maximum atomic E-state index is 12.7. The summed E-state index contributed by atoms with van der Waals surface area (Å²) in [6.45, 7) is 2.15. The summed E-state index contributed by atoms with van der Waals surface area (Å²) in [5.41, 5.74) is 5.09. The molecule has 152 valence electrons. The summed E-state index contributed by atoms with van der Waals surface area (Å²) in [6.07, 6.45) is 0.929. The maximum Gasteiger partial charge on any atom is 0.193 e. The topological polar surface area (TPSA) is 34.1 Å². The number of carbonyl (C=O) groups is 2. The van der Waals surface area contributed by atoms with Gasteiger partial charge in [0, 0.05) is 28.2 Å². The second-order valence-electron chi connectivity index (χ2n) is 7.60. The van der Waals surface area contributed by atoms with Crippen molar-refractivity contribution in [2.45, 2.75) is 19.3 Å². The van der Waals surface area contributed by atoms with E-state index in [1.54, 1.807) is 0 Å². The molecule has 0 aromatic heterocycles. The highest BCUT2D eigenvalue weighted by Gasteiger charge is 2.15. The monoisotopic (exact) mass is 404 g/mol. The molecule has 0 amide bonds. The lowest BCUT2D eigenvalue weighted by Crippen LogP contribution is -2.05. The Balaban J connectivity index is 1.53. The minimum atomic E-state index is 0.0315. The zero-order valence-electron chi connectivity index (χ0n) is 17.5. The number of hydrogen-bond donors (Lipinski definition) is 0. The van der Waals surface area contributed by atoms with Crippen LogP contribution in [0.2, 0.25) is 0 Å². The average molecular weight is 405 g/mol. The van der Waals surface area contributed by atoms with Gasteiger partial charge in [-0.15, -0.1) is 0 Å². The van der Waals surface area contributed by atoms with Gasteiger partial charge in [0.05, 0.1) is 0 Å². The normalized spacial score (nSPS) is 10.8. The minimum absolute atomic E-state index is 0.0315. The van der Waals surface area contributed by atoms with Crippen molar-refractivity contribution in [3.05, 3.63) is 143 Å². The van der Waals surface area contributed by atoms with Gasteiger partial charge in [-0.1, -0.05) is 116 Å². The highest BCUT2D eigenvalue weighted by atomic mass is 16.1. The van der Waals surface area contributed by atoms with E-state index >= 15 is 0 Å². The van der Waals surface area contributed by atoms with Crippen molar-refractivity contribution in [1.82, 2.24) is 0 Å². The van der Waals surface area contributed by atoms with Crippen LogP contribution in [0.4, 0.5) is 0 Å². The first-order valence-corrected chi connectivity index (χ1v) is 10.6. The van der Waals surface area contributed by atoms with E-state index in [0.29, 0.717) is 22.3 Å². The number of benzene rings is 4. The SMILES string of the molecule is CCC(c1ccc(C(=O)c2ccccc2)cc1)c1ccc(C(=O)c2ccccc2)cc1. The predicted octanol–water partition coefficient (Wildman–Crippen LogP) is 6.69. The lowest BCUT2D eigenvalue weighted by atomic mass is 9.87. The van der Waals surface area contributed by atoms with Crippen LogP contribution in [0, 0.1) is 0 Å². The Morgan fingerprint density at radius 3 is 1.16 bits per heavy atom. The number of carbonyl (C=O) groups excluding carboxylic acids is 2. The molecule has 0 aliphatic carbocycles. The van der Waals surface area contributed by atoms with E-state index in [-0.39, 0.29) is 17.5 Å². The minimum Gasteiger partial charge on any atom is -0.289 e. The third kappa shape index (κ3) is 4.54. The van der Waals surface area contributed by atoms with E-state index in [4.69, 9.17) is 0 Å². The smallest absolute Gasteiger partial charge is 0.193 e. The predicted molar refractivity (Wildman–Crippen MR) is 125 cm³/mol. The highest BCUT2D eigenvalue weighted by molar-refractivity contribution is 6.09. The molecule has 0 heterocycles. The highest BCUT2D eigenvalue weighted by Crippen LogP contribution is 2.29. The van der Waals surface area contributed by atoms with Gasteiger partial charge < -0.3 is 0 Å². The fourth-order valence-corrected chi connectivity index (χ4v) is 3.91. The molecule has 0 spiro atoms. The summed E-state index contributed by atoms with van der Waals surface area (Å²) in [7, 11) is 0. The second-order valence-corrected chi connectivity index (χ2v) is 7.60. The van der Waals surface area contributed by atoms with Crippen LogP contribution in [0.25, 0.3) is 0 Å². The molecule has 4 rings (SSSR count). The van der Waals surface area contributed by atoms with Crippen molar-refractivity contribution >= 4 is 11.6 Å². The van der Waals surface area contributed by atoms with Gasteiger partial charge in [-0.2, -0.15) is 0 Å². The standard InChI is InChI=1S/C29H24O2/c1-2-27(21-13-17-25(18-14-21)28(30)23-9-5-3-6-10-23)22-15-19-26(20-16-22)29(31)24-11-7-4-8-12-24/h3-20,27H,2H2,1H3. The van der Waals surface area contributed by atoms with Crippen LogP contribution >= 0.6 is 0 Å². The summed E-state index contributed by atoms with van der Waals surface area (Å²) >= 11 is 0. The van der Waals surface area contributed by atoms with E-state index < -0.39 is 0 Å². The first kappa shape index (κ1) is 20.5. The quantitative estimate of drug-likeness (QED) is 0.322.